The Morgan fingerprint density at radius 1 is 1.11 bits per heavy atom. The van der Waals surface area contributed by atoms with E-state index in [1.54, 1.807) is 23.6 Å². The van der Waals surface area contributed by atoms with Crippen LogP contribution in [0.2, 0.25) is 0 Å². The molecule has 2 heterocycles. The molecule has 0 aliphatic rings. The third-order valence-electron chi connectivity index (χ3n) is 3.99. The van der Waals surface area contributed by atoms with Crippen molar-refractivity contribution in [3.63, 3.8) is 0 Å². The van der Waals surface area contributed by atoms with Crippen LogP contribution in [0.25, 0.3) is 17.0 Å². The highest BCUT2D eigenvalue weighted by Crippen LogP contribution is 2.24. The topological polar surface area (TPSA) is 81.4 Å². The Labute approximate surface area is 155 Å². The molecule has 7 nitrogen and oxygen atoms in total. The fourth-order valence-corrected chi connectivity index (χ4v) is 2.71. The average Bonchev–Trinajstić information content (AvgIpc) is 3.18. The van der Waals surface area contributed by atoms with Crippen LogP contribution in [0.4, 0.5) is 11.5 Å². The molecule has 0 saturated heterocycles. The number of nitrogens with one attached hydrogen (secondary N) is 1. The van der Waals surface area contributed by atoms with E-state index in [0.717, 1.165) is 22.8 Å². The summed E-state index contributed by atoms with van der Waals surface area (Å²) < 4.78 is 6.64. The molecule has 2 aromatic carbocycles. The van der Waals surface area contributed by atoms with E-state index in [1.165, 1.54) is 6.33 Å². The van der Waals surface area contributed by atoms with Gasteiger partial charge in [0.25, 0.3) is 5.78 Å². The third kappa shape index (κ3) is 3.48. The van der Waals surface area contributed by atoms with Gasteiger partial charge in [0.15, 0.2) is 0 Å². The summed E-state index contributed by atoms with van der Waals surface area (Å²) >= 11 is 0. The van der Waals surface area contributed by atoms with E-state index in [4.69, 9.17) is 4.74 Å². The summed E-state index contributed by atoms with van der Waals surface area (Å²) in [5, 5.41) is 7.54. The Morgan fingerprint density at radius 3 is 2.63 bits per heavy atom. The number of nitrogens with zero attached hydrogens (tertiary/aromatic N) is 4. The number of benzene rings is 2. The van der Waals surface area contributed by atoms with Crippen LogP contribution >= 0.6 is 0 Å². The Morgan fingerprint density at radius 2 is 1.89 bits per heavy atom. The molecule has 134 valence electrons. The Kier molecular flexibility index (Phi) is 4.49. The lowest BCUT2D eigenvalue weighted by atomic mass is 10.1. The number of hydrogen-bond donors (Lipinski definition) is 1. The van der Waals surface area contributed by atoms with Gasteiger partial charge in [0.2, 0.25) is 0 Å². The van der Waals surface area contributed by atoms with Crippen LogP contribution in [0.3, 0.4) is 0 Å². The summed E-state index contributed by atoms with van der Waals surface area (Å²) in [6.07, 6.45) is 1.46. The smallest absolute Gasteiger partial charge is 0.338 e. The quantitative estimate of drug-likeness (QED) is 0.547. The van der Waals surface area contributed by atoms with Crippen molar-refractivity contribution in [2.45, 2.75) is 6.92 Å². The second kappa shape index (κ2) is 7.25. The number of fused-ring (bicyclic) bond motifs is 1. The molecule has 4 aromatic rings. The molecule has 27 heavy (non-hydrogen) atoms. The number of carbonyl (C=O) groups is 1. The molecule has 0 amide bonds. The van der Waals surface area contributed by atoms with Crippen LogP contribution in [0.5, 0.6) is 0 Å². The van der Waals surface area contributed by atoms with Gasteiger partial charge in [-0.25, -0.2) is 9.78 Å². The van der Waals surface area contributed by atoms with Gasteiger partial charge in [0.1, 0.15) is 12.1 Å². The zero-order valence-corrected chi connectivity index (χ0v) is 14.7. The van der Waals surface area contributed by atoms with Crippen LogP contribution in [0, 0.1) is 0 Å². The Bertz CT molecular complexity index is 1070. The van der Waals surface area contributed by atoms with Gasteiger partial charge in [0, 0.05) is 17.3 Å². The highest BCUT2D eigenvalue weighted by molar-refractivity contribution is 5.89. The summed E-state index contributed by atoms with van der Waals surface area (Å²) in [6.45, 7) is 2.13. The Balaban J connectivity index is 1.67. The van der Waals surface area contributed by atoms with E-state index in [2.05, 4.69) is 20.4 Å². The van der Waals surface area contributed by atoms with Crippen molar-refractivity contribution >= 4 is 23.3 Å². The van der Waals surface area contributed by atoms with Crippen molar-refractivity contribution in [2.75, 3.05) is 11.9 Å². The van der Waals surface area contributed by atoms with Gasteiger partial charge in [-0.15, -0.1) is 0 Å². The number of hydrogen-bond acceptors (Lipinski definition) is 6. The number of carbonyl (C=O) groups excluding carboxylic acids is 1. The molecule has 4 rings (SSSR count). The largest absolute Gasteiger partial charge is 0.462 e. The molecule has 0 saturated carbocycles. The second-order valence-corrected chi connectivity index (χ2v) is 5.79. The molecule has 1 N–H and O–H groups in total. The molecule has 0 fully saturated rings. The van der Waals surface area contributed by atoms with E-state index >= 15 is 0 Å². The van der Waals surface area contributed by atoms with E-state index in [1.807, 2.05) is 48.5 Å². The van der Waals surface area contributed by atoms with Crippen molar-refractivity contribution in [2.24, 2.45) is 0 Å². The molecule has 2 aromatic heterocycles. The fourth-order valence-electron chi connectivity index (χ4n) is 2.71. The maximum atomic E-state index is 11.8. The molecular weight excluding hydrogens is 342 g/mol. The maximum absolute atomic E-state index is 11.8. The molecule has 0 spiro atoms. The zero-order chi connectivity index (χ0) is 18.6. The van der Waals surface area contributed by atoms with E-state index in [9.17, 15) is 4.79 Å². The predicted octanol–water partition coefficient (Wildman–Crippen LogP) is 3.71. The average molecular weight is 359 g/mol. The van der Waals surface area contributed by atoms with Gasteiger partial charge in [-0.05, 0) is 31.2 Å². The predicted molar refractivity (Wildman–Crippen MR) is 102 cm³/mol. The lowest BCUT2D eigenvalue weighted by molar-refractivity contribution is 0.0526. The van der Waals surface area contributed by atoms with E-state index < -0.39 is 0 Å². The van der Waals surface area contributed by atoms with Gasteiger partial charge in [0.05, 0.1) is 17.9 Å². The van der Waals surface area contributed by atoms with Gasteiger partial charge in [-0.1, -0.05) is 30.3 Å². The number of esters is 1. The lowest BCUT2D eigenvalue weighted by Crippen LogP contribution is -2.05. The normalized spacial score (nSPS) is 10.7. The first-order valence-electron chi connectivity index (χ1n) is 8.55. The SMILES string of the molecule is CCOC(=O)c1ccc(Nc2cc(-c3ccccc3)nc3ncnn23)cc1. The summed E-state index contributed by atoms with van der Waals surface area (Å²) in [7, 11) is 0. The summed E-state index contributed by atoms with van der Waals surface area (Å²) in [6, 6.07) is 18.9. The molecule has 0 atom stereocenters. The molecule has 0 radical (unpaired) electrons. The monoisotopic (exact) mass is 359 g/mol. The molecular formula is C20H17N5O2. The van der Waals surface area contributed by atoms with Crippen LogP contribution < -0.4 is 5.32 Å². The first-order valence-corrected chi connectivity index (χ1v) is 8.55. The van der Waals surface area contributed by atoms with Crippen molar-refractivity contribution in [3.05, 3.63) is 72.6 Å². The fraction of sp³-hybridized carbons (Fsp3) is 0.100. The Hall–Kier alpha value is -3.74. The van der Waals surface area contributed by atoms with Gasteiger partial charge < -0.3 is 10.1 Å². The van der Waals surface area contributed by atoms with Crippen molar-refractivity contribution < 1.29 is 9.53 Å². The van der Waals surface area contributed by atoms with Crippen molar-refractivity contribution in [3.8, 4) is 11.3 Å². The second-order valence-electron chi connectivity index (χ2n) is 5.79. The molecule has 0 aliphatic heterocycles. The minimum Gasteiger partial charge on any atom is -0.462 e. The van der Waals surface area contributed by atoms with Gasteiger partial charge in [-0.2, -0.15) is 14.6 Å². The molecule has 0 aliphatic carbocycles. The molecule has 7 heteroatoms. The first-order chi connectivity index (χ1) is 13.2. The molecule has 0 unspecified atom stereocenters. The number of aromatic nitrogens is 4. The highest BCUT2D eigenvalue weighted by Gasteiger charge is 2.10. The number of rotatable bonds is 5. The van der Waals surface area contributed by atoms with E-state index in [0.29, 0.717) is 17.9 Å². The van der Waals surface area contributed by atoms with Crippen molar-refractivity contribution in [1.82, 2.24) is 19.6 Å². The minimum atomic E-state index is -0.335. The standard InChI is InChI=1S/C20H17N5O2/c1-2-27-19(26)15-8-10-16(11-9-15)23-18-12-17(14-6-4-3-5-7-14)24-20-21-13-22-25(18)20/h3-13,23H,2H2,1H3. The minimum absolute atomic E-state index is 0.335. The van der Waals surface area contributed by atoms with Crippen LogP contribution in [0.15, 0.2) is 67.0 Å². The highest BCUT2D eigenvalue weighted by atomic mass is 16.5. The maximum Gasteiger partial charge on any atom is 0.338 e. The van der Waals surface area contributed by atoms with Crippen LogP contribution in [-0.4, -0.2) is 32.2 Å². The summed E-state index contributed by atoms with van der Waals surface area (Å²) in [5.41, 5.74) is 3.10. The zero-order valence-electron chi connectivity index (χ0n) is 14.7. The summed E-state index contributed by atoms with van der Waals surface area (Å²) in [5.74, 6) is 0.889. The van der Waals surface area contributed by atoms with Crippen LogP contribution in [0.1, 0.15) is 17.3 Å². The van der Waals surface area contributed by atoms with Gasteiger partial charge >= 0.3 is 5.97 Å². The van der Waals surface area contributed by atoms with Crippen LogP contribution in [-0.2, 0) is 4.74 Å². The number of anilines is 2. The first kappa shape index (κ1) is 16.7. The number of ether oxygens (including phenoxy) is 1. The van der Waals surface area contributed by atoms with Gasteiger partial charge in [-0.3, -0.25) is 0 Å². The lowest BCUT2D eigenvalue weighted by Gasteiger charge is -2.10. The third-order valence-corrected chi connectivity index (χ3v) is 3.99. The molecule has 0 bridgehead atoms. The van der Waals surface area contributed by atoms with Crippen molar-refractivity contribution in [1.29, 1.82) is 0 Å². The van der Waals surface area contributed by atoms with E-state index in [-0.39, 0.29) is 5.97 Å². The summed E-state index contributed by atoms with van der Waals surface area (Å²) in [4.78, 5) is 20.5.